The summed E-state index contributed by atoms with van der Waals surface area (Å²) >= 11 is 0. The first kappa shape index (κ1) is 28.1. The largest absolute Gasteiger partial charge is 0.354 e. The van der Waals surface area contributed by atoms with Crippen LogP contribution in [0.4, 0.5) is 0 Å². The van der Waals surface area contributed by atoms with Gasteiger partial charge in [-0.1, -0.05) is 134 Å². The third-order valence-corrected chi connectivity index (χ3v) is 9.70. The van der Waals surface area contributed by atoms with Crippen molar-refractivity contribution in [2.75, 3.05) is 0 Å². The van der Waals surface area contributed by atoms with E-state index in [-0.39, 0.29) is 0 Å². The first-order valence-corrected chi connectivity index (χ1v) is 16.5. The van der Waals surface area contributed by atoms with Crippen molar-refractivity contribution in [2.24, 2.45) is 0 Å². The van der Waals surface area contributed by atoms with E-state index in [0.29, 0.717) is 17.5 Å². The van der Waals surface area contributed by atoms with Gasteiger partial charge in [0, 0.05) is 32.8 Å². The summed E-state index contributed by atoms with van der Waals surface area (Å²) in [4.78, 5) is 19.2. The van der Waals surface area contributed by atoms with Crippen molar-refractivity contribution in [3.8, 4) is 34.2 Å². The Morgan fingerprint density at radius 3 is 1.88 bits per heavy atom. The van der Waals surface area contributed by atoms with Crippen LogP contribution >= 0.6 is 0 Å². The molecule has 8 aromatic rings. The van der Waals surface area contributed by atoms with Gasteiger partial charge >= 0.3 is 0 Å². The standard InChI is InChI=1S/C44H32N4/c1-3-28-16-10-11-21-31(28)38-27(2)40-39(34-24-14-13-23-33(34)38)37-26-36(32-22-12-15-25-35(32)41(37)45-40)44-47-42(29-17-6-4-7-18-29)46-43(48-44)30-19-8-5-9-20-30/h3-9,11-15,17-26,45H,1,10,16H2,2H3. The van der Waals surface area contributed by atoms with E-state index in [1.54, 1.807) is 0 Å². The molecule has 4 nitrogen and oxygen atoms in total. The summed E-state index contributed by atoms with van der Waals surface area (Å²) in [5.41, 5.74) is 10.2. The van der Waals surface area contributed by atoms with E-state index in [2.05, 4.69) is 110 Å². The molecule has 6 aromatic carbocycles. The van der Waals surface area contributed by atoms with Crippen molar-refractivity contribution in [2.45, 2.75) is 19.8 Å². The van der Waals surface area contributed by atoms with Gasteiger partial charge in [-0.15, -0.1) is 0 Å². The van der Waals surface area contributed by atoms with Crippen LogP contribution in [0.2, 0.25) is 0 Å². The fourth-order valence-corrected chi connectivity index (χ4v) is 7.44. The van der Waals surface area contributed by atoms with Crippen LogP contribution in [0.3, 0.4) is 0 Å². The minimum Gasteiger partial charge on any atom is -0.354 e. The summed E-state index contributed by atoms with van der Waals surface area (Å²) in [5.74, 6) is 1.96. The summed E-state index contributed by atoms with van der Waals surface area (Å²) in [6, 6.07) is 40.0. The molecule has 48 heavy (non-hydrogen) atoms. The number of rotatable bonds is 5. The molecule has 0 radical (unpaired) electrons. The van der Waals surface area contributed by atoms with Crippen LogP contribution < -0.4 is 0 Å². The lowest BCUT2D eigenvalue weighted by Crippen LogP contribution is -2.00. The van der Waals surface area contributed by atoms with Gasteiger partial charge in [0.25, 0.3) is 0 Å². The van der Waals surface area contributed by atoms with Crippen LogP contribution in [0.5, 0.6) is 0 Å². The lowest BCUT2D eigenvalue weighted by Gasteiger charge is -2.19. The van der Waals surface area contributed by atoms with Crippen LogP contribution in [0.1, 0.15) is 24.0 Å². The average Bonchev–Trinajstić information content (AvgIpc) is 3.56. The fourth-order valence-electron chi connectivity index (χ4n) is 7.44. The number of H-pyrrole nitrogens is 1. The van der Waals surface area contributed by atoms with Crippen LogP contribution in [0.25, 0.3) is 83.1 Å². The highest BCUT2D eigenvalue weighted by molar-refractivity contribution is 6.28. The number of nitrogens with one attached hydrogen (secondary N) is 1. The van der Waals surface area contributed by atoms with Gasteiger partial charge in [0.1, 0.15) is 0 Å². The first-order chi connectivity index (χ1) is 23.7. The Morgan fingerprint density at radius 2 is 1.21 bits per heavy atom. The number of benzene rings is 6. The second kappa shape index (κ2) is 11.3. The zero-order chi connectivity index (χ0) is 32.2. The molecular formula is C44H32N4. The Bertz CT molecular complexity index is 2570. The molecule has 2 heterocycles. The minimum absolute atomic E-state index is 0.653. The van der Waals surface area contributed by atoms with E-state index in [4.69, 9.17) is 15.0 Å². The molecular weight excluding hydrogens is 585 g/mol. The second-order valence-electron chi connectivity index (χ2n) is 12.4. The van der Waals surface area contributed by atoms with Crippen molar-refractivity contribution in [3.05, 3.63) is 157 Å². The molecule has 0 unspecified atom stereocenters. The third kappa shape index (κ3) is 4.41. The predicted molar refractivity (Wildman–Crippen MR) is 201 cm³/mol. The maximum absolute atomic E-state index is 5.14. The van der Waals surface area contributed by atoms with Crippen LogP contribution in [0.15, 0.2) is 146 Å². The number of aryl methyl sites for hydroxylation is 1. The van der Waals surface area contributed by atoms with E-state index in [1.807, 2.05) is 42.5 Å². The molecule has 228 valence electrons. The molecule has 0 fully saturated rings. The highest BCUT2D eigenvalue weighted by atomic mass is 15.0. The van der Waals surface area contributed by atoms with Crippen molar-refractivity contribution in [3.63, 3.8) is 0 Å². The molecule has 0 bridgehead atoms. The van der Waals surface area contributed by atoms with Crippen LogP contribution in [-0.2, 0) is 0 Å². The molecule has 4 heteroatoms. The number of aromatic nitrogens is 4. The van der Waals surface area contributed by atoms with E-state index >= 15 is 0 Å². The number of allylic oxidation sites excluding steroid dienone is 5. The zero-order valence-corrected chi connectivity index (χ0v) is 26.7. The van der Waals surface area contributed by atoms with Crippen molar-refractivity contribution >= 4 is 48.9 Å². The maximum Gasteiger partial charge on any atom is 0.164 e. The number of aromatic amines is 1. The average molecular weight is 617 g/mol. The van der Waals surface area contributed by atoms with E-state index in [1.165, 1.54) is 38.4 Å². The van der Waals surface area contributed by atoms with Gasteiger partial charge in [0.15, 0.2) is 17.5 Å². The van der Waals surface area contributed by atoms with Gasteiger partial charge in [0.2, 0.25) is 0 Å². The highest BCUT2D eigenvalue weighted by Gasteiger charge is 2.22. The Hall–Kier alpha value is -6.13. The smallest absolute Gasteiger partial charge is 0.164 e. The van der Waals surface area contributed by atoms with Gasteiger partial charge in [-0.05, 0) is 64.3 Å². The lowest BCUT2D eigenvalue weighted by molar-refractivity contribution is 0.997. The first-order valence-electron chi connectivity index (χ1n) is 16.5. The zero-order valence-electron chi connectivity index (χ0n) is 26.7. The van der Waals surface area contributed by atoms with Gasteiger partial charge in [-0.25, -0.2) is 15.0 Å². The molecule has 0 spiro atoms. The summed E-state index contributed by atoms with van der Waals surface area (Å²) in [6.07, 6.45) is 8.65. The second-order valence-corrected chi connectivity index (χ2v) is 12.4. The Labute approximate surface area is 278 Å². The highest BCUT2D eigenvalue weighted by Crippen LogP contribution is 2.45. The van der Waals surface area contributed by atoms with Crippen molar-refractivity contribution < 1.29 is 0 Å². The number of hydrogen-bond acceptors (Lipinski definition) is 3. The molecule has 1 aliphatic carbocycles. The van der Waals surface area contributed by atoms with E-state index < -0.39 is 0 Å². The van der Waals surface area contributed by atoms with E-state index in [0.717, 1.165) is 56.7 Å². The number of nitrogens with zero attached hydrogens (tertiary/aromatic N) is 3. The van der Waals surface area contributed by atoms with Gasteiger partial charge in [-0.3, -0.25) is 0 Å². The topological polar surface area (TPSA) is 54.5 Å². The Morgan fingerprint density at radius 1 is 0.625 bits per heavy atom. The monoisotopic (exact) mass is 616 g/mol. The number of fused-ring (bicyclic) bond motifs is 7. The Kier molecular flexibility index (Phi) is 6.61. The van der Waals surface area contributed by atoms with Crippen molar-refractivity contribution in [1.29, 1.82) is 0 Å². The molecule has 9 rings (SSSR count). The Balaban J connectivity index is 1.39. The summed E-state index contributed by atoms with van der Waals surface area (Å²) < 4.78 is 0. The lowest BCUT2D eigenvalue weighted by atomic mass is 9.85. The van der Waals surface area contributed by atoms with Gasteiger partial charge in [0.05, 0.1) is 11.0 Å². The molecule has 1 aliphatic rings. The SMILES string of the molecule is C=CC1=C(c2c(C)c3[nH]c4c5ccccc5c(-c5nc(-c6ccccc6)nc(-c6ccccc6)n5)cc4c3c3ccccc23)C=CCC1. The number of hydrogen-bond donors (Lipinski definition) is 1. The predicted octanol–water partition coefficient (Wildman–Crippen LogP) is 11.4. The quantitative estimate of drug-likeness (QED) is 0.209. The normalized spacial score (nSPS) is 13.3. The maximum atomic E-state index is 5.14. The minimum atomic E-state index is 0.653. The van der Waals surface area contributed by atoms with E-state index in [9.17, 15) is 0 Å². The van der Waals surface area contributed by atoms with Crippen LogP contribution in [-0.4, -0.2) is 19.9 Å². The molecule has 0 saturated carbocycles. The van der Waals surface area contributed by atoms with Crippen molar-refractivity contribution in [1.82, 2.24) is 19.9 Å². The molecule has 0 saturated heterocycles. The van der Waals surface area contributed by atoms with Crippen LogP contribution in [0, 0.1) is 6.92 Å². The molecule has 0 atom stereocenters. The summed E-state index contributed by atoms with van der Waals surface area (Å²) in [6.45, 7) is 6.43. The van der Waals surface area contributed by atoms with Gasteiger partial charge in [-0.2, -0.15) is 0 Å². The van der Waals surface area contributed by atoms with Gasteiger partial charge < -0.3 is 4.98 Å². The molecule has 1 N–H and O–H groups in total. The summed E-state index contributed by atoms with van der Waals surface area (Å²) in [7, 11) is 0. The fraction of sp³-hybridized carbons (Fsp3) is 0.0682. The molecule has 0 aliphatic heterocycles. The molecule has 0 amide bonds. The third-order valence-electron chi connectivity index (χ3n) is 9.70. The molecule has 2 aromatic heterocycles. The summed E-state index contributed by atoms with van der Waals surface area (Å²) in [5, 5.41) is 7.07.